The number of nitrogens with zero attached hydrogens (tertiary/aromatic N) is 2. The standard InChI is InChI=1S/C18H27FN4OS.HI/c1-13-5-6-14(11-15(13)19)16(24)21-7-8-22-17(20-4)23-9-10-25-18(2,3)12-23;/h5-6,11H,7-10,12H2,1-4H3,(H,20,22)(H,21,24);1H. The molecule has 0 aromatic heterocycles. The van der Waals surface area contributed by atoms with Crippen LogP contribution in [0, 0.1) is 12.7 Å². The van der Waals surface area contributed by atoms with Crippen molar-refractivity contribution in [3.05, 3.63) is 35.1 Å². The van der Waals surface area contributed by atoms with Crippen molar-refractivity contribution in [1.82, 2.24) is 15.5 Å². The quantitative estimate of drug-likeness (QED) is 0.293. The van der Waals surface area contributed by atoms with Crippen LogP contribution in [0.3, 0.4) is 0 Å². The number of hydrogen-bond donors (Lipinski definition) is 2. The SMILES string of the molecule is CN=C(NCCNC(=O)c1ccc(C)c(F)c1)N1CCSC(C)(C)C1.I. The molecular formula is C18H28FIN4OS. The van der Waals surface area contributed by atoms with Crippen LogP contribution in [0.5, 0.6) is 0 Å². The molecule has 0 bridgehead atoms. The molecule has 1 aliphatic rings. The van der Waals surface area contributed by atoms with Crippen LogP contribution in [-0.2, 0) is 0 Å². The summed E-state index contributed by atoms with van der Waals surface area (Å²) in [6.07, 6.45) is 0. The molecule has 2 rings (SSSR count). The van der Waals surface area contributed by atoms with Gasteiger partial charge in [0.15, 0.2) is 5.96 Å². The lowest BCUT2D eigenvalue weighted by Gasteiger charge is -2.39. The summed E-state index contributed by atoms with van der Waals surface area (Å²) in [5, 5.41) is 6.08. The second kappa shape index (κ2) is 10.3. The van der Waals surface area contributed by atoms with Crippen molar-refractivity contribution in [1.29, 1.82) is 0 Å². The molecule has 1 amide bonds. The molecule has 146 valence electrons. The summed E-state index contributed by atoms with van der Waals surface area (Å²) >= 11 is 1.97. The average Bonchev–Trinajstić information content (AvgIpc) is 2.56. The number of hydrogen-bond acceptors (Lipinski definition) is 3. The summed E-state index contributed by atoms with van der Waals surface area (Å²) in [5.74, 6) is 1.29. The van der Waals surface area contributed by atoms with Crippen molar-refractivity contribution in [2.45, 2.75) is 25.5 Å². The summed E-state index contributed by atoms with van der Waals surface area (Å²) in [5.41, 5.74) is 0.868. The number of thioether (sulfide) groups is 1. The Kier molecular flexibility index (Phi) is 9.15. The first kappa shape index (κ1) is 23.0. The van der Waals surface area contributed by atoms with Gasteiger partial charge in [0.25, 0.3) is 5.91 Å². The number of aryl methyl sites for hydroxylation is 1. The number of rotatable bonds is 4. The molecule has 1 aromatic carbocycles. The molecule has 1 saturated heterocycles. The Morgan fingerprint density at radius 3 is 2.65 bits per heavy atom. The molecule has 0 aliphatic carbocycles. The smallest absolute Gasteiger partial charge is 0.251 e. The van der Waals surface area contributed by atoms with Gasteiger partial charge in [0.1, 0.15) is 5.82 Å². The lowest BCUT2D eigenvalue weighted by atomic mass is 10.1. The van der Waals surface area contributed by atoms with E-state index in [1.807, 2.05) is 11.8 Å². The van der Waals surface area contributed by atoms with E-state index in [0.29, 0.717) is 24.2 Å². The van der Waals surface area contributed by atoms with Crippen molar-refractivity contribution >= 4 is 47.6 Å². The zero-order valence-corrected chi connectivity index (χ0v) is 18.9. The Morgan fingerprint density at radius 1 is 1.35 bits per heavy atom. The van der Waals surface area contributed by atoms with E-state index in [4.69, 9.17) is 0 Å². The fourth-order valence-corrected chi connectivity index (χ4v) is 3.83. The van der Waals surface area contributed by atoms with Crippen LogP contribution >= 0.6 is 35.7 Å². The lowest BCUT2D eigenvalue weighted by Crippen LogP contribution is -2.51. The van der Waals surface area contributed by atoms with Gasteiger partial charge in [-0.05, 0) is 38.5 Å². The van der Waals surface area contributed by atoms with Crippen LogP contribution in [0.1, 0.15) is 29.8 Å². The van der Waals surface area contributed by atoms with Gasteiger partial charge in [-0.3, -0.25) is 9.79 Å². The first-order valence-electron chi connectivity index (χ1n) is 8.46. The number of nitrogens with one attached hydrogen (secondary N) is 2. The Bertz CT molecular complexity index is 654. The molecule has 1 aromatic rings. The third-order valence-electron chi connectivity index (χ3n) is 4.06. The molecule has 26 heavy (non-hydrogen) atoms. The van der Waals surface area contributed by atoms with Gasteiger partial charge in [-0.25, -0.2) is 4.39 Å². The Hall–Kier alpha value is -1.03. The summed E-state index contributed by atoms with van der Waals surface area (Å²) in [7, 11) is 1.77. The van der Waals surface area contributed by atoms with Gasteiger partial charge in [0, 0.05) is 49.3 Å². The highest BCUT2D eigenvalue weighted by Crippen LogP contribution is 2.29. The van der Waals surface area contributed by atoms with Gasteiger partial charge in [-0.1, -0.05) is 6.07 Å². The molecular weight excluding hydrogens is 466 g/mol. The Morgan fingerprint density at radius 2 is 2.04 bits per heavy atom. The van der Waals surface area contributed by atoms with Gasteiger partial charge in [0.2, 0.25) is 0 Å². The second-order valence-electron chi connectivity index (χ2n) is 6.72. The van der Waals surface area contributed by atoms with Crippen molar-refractivity contribution in [2.75, 3.05) is 39.0 Å². The highest BCUT2D eigenvalue weighted by Gasteiger charge is 2.28. The molecule has 1 fully saturated rings. The van der Waals surface area contributed by atoms with E-state index in [0.717, 1.165) is 24.8 Å². The molecule has 0 saturated carbocycles. The highest BCUT2D eigenvalue weighted by atomic mass is 127. The van der Waals surface area contributed by atoms with Gasteiger partial charge in [-0.2, -0.15) is 11.8 Å². The third-order valence-corrected chi connectivity index (χ3v) is 5.36. The zero-order chi connectivity index (χ0) is 18.4. The molecule has 5 nitrogen and oxygen atoms in total. The number of carbonyl (C=O) groups excluding carboxylic acids is 1. The van der Waals surface area contributed by atoms with Gasteiger partial charge in [0.05, 0.1) is 0 Å². The van der Waals surface area contributed by atoms with Crippen LogP contribution < -0.4 is 10.6 Å². The number of benzene rings is 1. The van der Waals surface area contributed by atoms with Crippen LogP contribution in [0.2, 0.25) is 0 Å². The molecule has 0 radical (unpaired) electrons. The molecule has 0 unspecified atom stereocenters. The maximum Gasteiger partial charge on any atom is 0.251 e. The predicted molar refractivity (Wildman–Crippen MR) is 118 cm³/mol. The minimum absolute atomic E-state index is 0. The molecule has 2 N–H and O–H groups in total. The van der Waals surface area contributed by atoms with E-state index >= 15 is 0 Å². The normalized spacial score (nSPS) is 16.7. The monoisotopic (exact) mass is 494 g/mol. The number of aliphatic imine (C=N–C) groups is 1. The van der Waals surface area contributed by atoms with Crippen molar-refractivity contribution in [3.8, 4) is 0 Å². The summed E-state index contributed by atoms with van der Waals surface area (Å²) in [4.78, 5) is 18.6. The number of guanidine groups is 1. The summed E-state index contributed by atoms with van der Waals surface area (Å²) < 4.78 is 13.7. The van der Waals surface area contributed by atoms with E-state index in [9.17, 15) is 9.18 Å². The van der Waals surface area contributed by atoms with Gasteiger partial charge < -0.3 is 15.5 Å². The minimum Gasteiger partial charge on any atom is -0.354 e. The largest absolute Gasteiger partial charge is 0.354 e. The van der Waals surface area contributed by atoms with E-state index in [1.54, 1.807) is 26.1 Å². The fourth-order valence-electron chi connectivity index (χ4n) is 2.72. The van der Waals surface area contributed by atoms with Crippen LogP contribution in [-0.4, -0.2) is 60.5 Å². The second-order valence-corrected chi connectivity index (χ2v) is 8.53. The molecule has 0 atom stereocenters. The van der Waals surface area contributed by atoms with E-state index in [2.05, 4.69) is 34.4 Å². The van der Waals surface area contributed by atoms with E-state index in [1.165, 1.54) is 6.07 Å². The zero-order valence-electron chi connectivity index (χ0n) is 15.8. The van der Waals surface area contributed by atoms with E-state index < -0.39 is 0 Å². The number of carbonyl (C=O) groups is 1. The molecule has 1 aliphatic heterocycles. The summed E-state index contributed by atoms with van der Waals surface area (Å²) in [6.45, 7) is 9.05. The lowest BCUT2D eigenvalue weighted by molar-refractivity contribution is 0.0954. The number of halogens is 2. The average molecular weight is 494 g/mol. The fraction of sp³-hybridized carbons (Fsp3) is 0.556. The molecule has 8 heteroatoms. The first-order valence-corrected chi connectivity index (χ1v) is 9.45. The predicted octanol–water partition coefficient (Wildman–Crippen LogP) is 2.88. The Labute approximate surface area is 176 Å². The van der Waals surface area contributed by atoms with Crippen LogP contribution in [0.25, 0.3) is 0 Å². The van der Waals surface area contributed by atoms with Crippen LogP contribution in [0.4, 0.5) is 4.39 Å². The number of amides is 1. The molecule has 1 heterocycles. The van der Waals surface area contributed by atoms with Crippen molar-refractivity contribution < 1.29 is 9.18 Å². The molecule has 0 spiro atoms. The van der Waals surface area contributed by atoms with Crippen molar-refractivity contribution in [3.63, 3.8) is 0 Å². The Balaban J connectivity index is 0.00000338. The maximum absolute atomic E-state index is 13.5. The highest BCUT2D eigenvalue weighted by molar-refractivity contribution is 14.0. The van der Waals surface area contributed by atoms with Gasteiger partial charge in [-0.15, -0.1) is 24.0 Å². The minimum atomic E-state index is -0.364. The van der Waals surface area contributed by atoms with Gasteiger partial charge >= 0.3 is 0 Å². The third kappa shape index (κ3) is 6.61. The summed E-state index contributed by atoms with van der Waals surface area (Å²) in [6, 6.07) is 4.51. The topological polar surface area (TPSA) is 56.7 Å². The van der Waals surface area contributed by atoms with E-state index in [-0.39, 0.29) is 40.4 Å². The van der Waals surface area contributed by atoms with Crippen molar-refractivity contribution in [2.24, 2.45) is 4.99 Å². The van der Waals surface area contributed by atoms with Crippen LogP contribution in [0.15, 0.2) is 23.2 Å². The maximum atomic E-state index is 13.5. The first-order chi connectivity index (χ1) is 11.8.